The van der Waals surface area contributed by atoms with Crippen LogP contribution in [-0.4, -0.2) is 37.5 Å². The Morgan fingerprint density at radius 2 is 1.95 bits per heavy atom. The van der Waals surface area contributed by atoms with Gasteiger partial charge >= 0.3 is 0 Å². The Balaban J connectivity index is 1.66. The summed E-state index contributed by atoms with van der Waals surface area (Å²) in [5.41, 5.74) is 3.07. The number of nitrogens with zero attached hydrogens (tertiary/aromatic N) is 1. The first kappa shape index (κ1) is 14.1. The fourth-order valence-electron chi connectivity index (χ4n) is 3.40. The van der Waals surface area contributed by atoms with E-state index in [9.17, 15) is 0 Å². The minimum Gasteiger partial charge on any atom is -0.353 e. The molecule has 1 saturated heterocycles. The summed E-state index contributed by atoms with van der Waals surface area (Å²) < 4.78 is 11.3. The van der Waals surface area contributed by atoms with Gasteiger partial charge in [0.1, 0.15) is 0 Å². The molecule has 0 N–H and O–H groups in total. The lowest BCUT2D eigenvalue weighted by atomic mass is 9.83. The van der Waals surface area contributed by atoms with E-state index in [0.29, 0.717) is 0 Å². The minimum atomic E-state index is -0.00304. The molecule has 0 aliphatic carbocycles. The first-order valence-corrected chi connectivity index (χ1v) is 7.74. The topological polar surface area (TPSA) is 21.7 Å². The summed E-state index contributed by atoms with van der Waals surface area (Å²) >= 11 is 0. The highest BCUT2D eigenvalue weighted by Gasteiger charge is 2.34. The van der Waals surface area contributed by atoms with E-state index >= 15 is 0 Å². The van der Waals surface area contributed by atoms with E-state index < -0.39 is 0 Å². The average molecular weight is 275 g/mol. The number of hydrogen-bond acceptors (Lipinski definition) is 3. The highest BCUT2D eigenvalue weighted by molar-refractivity contribution is 5.35. The first-order chi connectivity index (χ1) is 9.68. The molecular weight excluding hydrogens is 250 g/mol. The molecule has 2 heterocycles. The Hall–Kier alpha value is -0.900. The van der Waals surface area contributed by atoms with Gasteiger partial charge in [-0.15, -0.1) is 0 Å². The van der Waals surface area contributed by atoms with Crippen molar-refractivity contribution in [2.45, 2.75) is 44.9 Å². The van der Waals surface area contributed by atoms with Crippen LogP contribution in [0.2, 0.25) is 0 Å². The van der Waals surface area contributed by atoms with Crippen LogP contribution in [0.4, 0.5) is 0 Å². The monoisotopic (exact) mass is 275 g/mol. The van der Waals surface area contributed by atoms with Gasteiger partial charge in [-0.25, -0.2) is 0 Å². The summed E-state index contributed by atoms with van der Waals surface area (Å²) in [6.07, 6.45) is 3.13. The molecule has 0 saturated carbocycles. The molecule has 3 nitrogen and oxygen atoms in total. The molecule has 0 atom stereocenters. The molecule has 0 bridgehead atoms. The van der Waals surface area contributed by atoms with Crippen LogP contribution in [0.15, 0.2) is 24.3 Å². The average Bonchev–Trinajstić information content (AvgIpc) is 2.48. The number of hydrogen-bond donors (Lipinski definition) is 0. The van der Waals surface area contributed by atoms with E-state index in [2.05, 4.69) is 43.0 Å². The molecule has 1 aromatic rings. The SMILES string of the molecule is CC1(C)c2ccccc2CCN1CCC1OCCCO1. The molecule has 0 spiro atoms. The molecule has 3 rings (SSSR count). The summed E-state index contributed by atoms with van der Waals surface area (Å²) in [5.74, 6) is 0. The highest BCUT2D eigenvalue weighted by atomic mass is 16.7. The molecule has 110 valence electrons. The maximum atomic E-state index is 5.66. The molecule has 0 unspecified atom stereocenters. The zero-order valence-electron chi connectivity index (χ0n) is 12.6. The number of rotatable bonds is 3. The predicted octanol–water partition coefficient (Wildman–Crippen LogP) is 2.93. The van der Waals surface area contributed by atoms with Gasteiger partial charge in [-0.05, 0) is 37.8 Å². The molecule has 0 radical (unpaired) electrons. The van der Waals surface area contributed by atoms with Gasteiger partial charge < -0.3 is 9.47 Å². The van der Waals surface area contributed by atoms with Crippen molar-refractivity contribution in [2.75, 3.05) is 26.3 Å². The van der Waals surface area contributed by atoms with E-state index in [0.717, 1.165) is 45.6 Å². The van der Waals surface area contributed by atoms with Crippen LogP contribution in [0.25, 0.3) is 0 Å². The van der Waals surface area contributed by atoms with Crippen molar-refractivity contribution in [1.29, 1.82) is 0 Å². The van der Waals surface area contributed by atoms with Gasteiger partial charge in [0.05, 0.1) is 13.2 Å². The van der Waals surface area contributed by atoms with Crippen molar-refractivity contribution in [3.05, 3.63) is 35.4 Å². The second-order valence-corrected chi connectivity index (χ2v) is 6.27. The first-order valence-electron chi connectivity index (χ1n) is 7.74. The third-order valence-corrected chi connectivity index (χ3v) is 4.65. The minimum absolute atomic E-state index is 0.00304. The van der Waals surface area contributed by atoms with Crippen LogP contribution in [-0.2, 0) is 21.4 Å². The predicted molar refractivity (Wildman–Crippen MR) is 79.7 cm³/mol. The Morgan fingerprint density at radius 1 is 1.20 bits per heavy atom. The zero-order valence-corrected chi connectivity index (χ0v) is 12.6. The zero-order chi connectivity index (χ0) is 14.0. The van der Waals surface area contributed by atoms with Crippen molar-refractivity contribution in [2.24, 2.45) is 0 Å². The van der Waals surface area contributed by atoms with Gasteiger partial charge in [-0.3, -0.25) is 4.90 Å². The Morgan fingerprint density at radius 3 is 2.75 bits per heavy atom. The fraction of sp³-hybridized carbons (Fsp3) is 0.647. The normalized spacial score (nSPS) is 23.5. The molecule has 2 aliphatic rings. The molecule has 1 aromatic carbocycles. The van der Waals surface area contributed by atoms with E-state index in [-0.39, 0.29) is 11.8 Å². The second kappa shape index (κ2) is 5.84. The summed E-state index contributed by atoms with van der Waals surface area (Å²) in [4.78, 5) is 2.57. The van der Waals surface area contributed by atoms with E-state index in [1.165, 1.54) is 11.1 Å². The van der Waals surface area contributed by atoms with E-state index in [4.69, 9.17) is 9.47 Å². The summed E-state index contributed by atoms with van der Waals surface area (Å²) in [6, 6.07) is 8.84. The lowest BCUT2D eigenvalue weighted by molar-refractivity contribution is -0.184. The van der Waals surface area contributed by atoms with E-state index in [1.807, 2.05) is 0 Å². The second-order valence-electron chi connectivity index (χ2n) is 6.27. The maximum Gasteiger partial charge on any atom is 0.158 e. The fourth-order valence-corrected chi connectivity index (χ4v) is 3.40. The lowest BCUT2D eigenvalue weighted by Crippen LogP contribution is -2.48. The van der Waals surface area contributed by atoms with Crippen molar-refractivity contribution in [3.63, 3.8) is 0 Å². The summed E-state index contributed by atoms with van der Waals surface area (Å²) in [7, 11) is 0. The number of ether oxygens (including phenoxy) is 2. The van der Waals surface area contributed by atoms with Crippen LogP contribution in [0, 0.1) is 0 Å². The molecule has 20 heavy (non-hydrogen) atoms. The van der Waals surface area contributed by atoms with Crippen LogP contribution >= 0.6 is 0 Å². The molecule has 0 aromatic heterocycles. The van der Waals surface area contributed by atoms with Gasteiger partial charge in [-0.1, -0.05) is 24.3 Å². The van der Waals surface area contributed by atoms with Crippen molar-refractivity contribution in [1.82, 2.24) is 4.90 Å². The lowest BCUT2D eigenvalue weighted by Gasteiger charge is -2.44. The molecule has 2 aliphatic heterocycles. The molecule has 0 amide bonds. The van der Waals surface area contributed by atoms with Crippen molar-refractivity contribution < 1.29 is 9.47 Å². The maximum absolute atomic E-state index is 5.66. The van der Waals surface area contributed by atoms with Gasteiger partial charge in [0.15, 0.2) is 6.29 Å². The Labute approximate surface area is 121 Å². The largest absolute Gasteiger partial charge is 0.353 e. The number of fused-ring (bicyclic) bond motifs is 1. The smallest absolute Gasteiger partial charge is 0.158 e. The van der Waals surface area contributed by atoms with Crippen LogP contribution in [0.1, 0.15) is 37.8 Å². The van der Waals surface area contributed by atoms with Crippen molar-refractivity contribution in [3.8, 4) is 0 Å². The molecular formula is C17H25NO2. The quantitative estimate of drug-likeness (QED) is 0.846. The van der Waals surface area contributed by atoms with E-state index in [1.54, 1.807) is 0 Å². The van der Waals surface area contributed by atoms with Crippen LogP contribution in [0.3, 0.4) is 0 Å². The standard InChI is InChI=1S/C17H25NO2/c1-17(2)15-7-4-3-6-14(15)8-10-18(17)11-9-16-19-12-5-13-20-16/h3-4,6-7,16H,5,8-13H2,1-2H3. The Kier molecular flexibility index (Phi) is 4.11. The Bertz CT molecular complexity index is 452. The summed E-state index contributed by atoms with van der Waals surface area (Å²) in [6.45, 7) is 8.50. The third kappa shape index (κ3) is 2.76. The van der Waals surface area contributed by atoms with Crippen LogP contribution < -0.4 is 0 Å². The van der Waals surface area contributed by atoms with Crippen molar-refractivity contribution >= 4 is 0 Å². The van der Waals surface area contributed by atoms with Gasteiger partial charge in [0.25, 0.3) is 0 Å². The highest BCUT2D eigenvalue weighted by Crippen LogP contribution is 2.35. The van der Waals surface area contributed by atoms with Gasteiger partial charge in [0.2, 0.25) is 0 Å². The van der Waals surface area contributed by atoms with Gasteiger partial charge in [-0.2, -0.15) is 0 Å². The third-order valence-electron chi connectivity index (χ3n) is 4.65. The summed E-state index contributed by atoms with van der Waals surface area (Å²) in [5, 5.41) is 0. The molecule has 1 fully saturated rings. The number of benzene rings is 1. The molecule has 3 heteroatoms. The van der Waals surface area contributed by atoms with Crippen LogP contribution in [0.5, 0.6) is 0 Å². The van der Waals surface area contributed by atoms with Gasteiger partial charge in [0, 0.05) is 25.0 Å².